The highest BCUT2D eigenvalue weighted by atomic mass is 15.3. The third-order valence-electron chi connectivity index (χ3n) is 4.70. The molecule has 1 aliphatic carbocycles. The van der Waals surface area contributed by atoms with E-state index in [1.165, 1.54) is 0 Å². The Kier molecular flexibility index (Phi) is 3.14. The fourth-order valence-corrected chi connectivity index (χ4v) is 3.30. The van der Waals surface area contributed by atoms with E-state index in [0.29, 0.717) is 18.0 Å². The number of benzene rings is 1. The van der Waals surface area contributed by atoms with Crippen LogP contribution in [0, 0.1) is 0 Å². The number of fused-ring (bicyclic) bond motifs is 2. The summed E-state index contributed by atoms with van der Waals surface area (Å²) in [6.45, 7) is 0. The van der Waals surface area contributed by atoms with Crippen LogP contribution in [0.2, 0.25) is 0 Å². The van der Waals surface area contributed by atoms with Crippen LogP contribution in [-0.2, 0) is 0 Å². The Morgan fingerprint density at radius 3 is 2.72 bits per heavy atom. The molecule has 0 amide bonds. The van der Waals surface area contributed by atoms with Gasteiger partial charge in [-0.1, -0.05) is 6.07 Å². The van der Waals surface area contributed by atoms with Crippen molar-refractivity contribution in [3.63, 3.8) is 0 Å². The van der Waals surface area contributed by atoms with Crippen LogP contribution in [0.4, 0.5) is 5.95 Å². The normalized spacial score (nSPS) is 19.9. The Labute approximate surface area is 143 Å². The molecule has 3 heterocycles. The lowest BCUT2D eigenvalue weighted by atomic mass is 9.88. The predicted octanol–water partition coefficient (Wildman–Crippen LogP) is 2.24. The highest BCUT2D eigenvalue weighted by Gasteiger charge is 2.26. The number of hydrogen-bond acceptors (Lipinski definition) is 6. The summed E-state index contributed by atoms with van der Waals surface area (Å²) in [5, 5.41) is 7.89. The highest BCUT2D eigenvalue weighted by Crippen LogP contribution is 2.27. The molecule has 1 saturated carbocycles. The van der Waals surface area contributed by atoms with E-state index in [9.17, 15) is 0 Å². The molecule has 124 valence electrons. The van der Waals surface area contributed by atoms with Crippen molar-refractivity contribution < 1.29 is 0 Å². The number of aromatic nitrogens is 5. The minimum atomic E-state index is 0.301. The smallest absolute Gasteiger partial charge is 0.241 e. The largest absolute Gasteiger partial charge is 0.350 e. The van der Waals surface area contributed by atoms with Gasteiger partial charge < -0.3 is 11.1 Å². The monoisotopic (exact) mass is 331 g/mol. The van der Waals surface area contributed by atoms with Crippen LogP contribution in [0.15, 0.2) is 49.1 Å². The second-order valence-electron chi connectivity index (χ2n) is 6.47. The van der Waals surface area contributed by atoms with Crippen molar-refractivity contribution in [1.29, 1.82) is 0 Å². The van der Waals surface area contributed by atoms with Gasteiger partial charge in [0, 0.05) is 36.2 Å². The molecule has 0 atom stereocenters. The van der Waals surface area contributed by atoms with Crippen molar-refractivity contribution in [3.05, 3.63) is 49.1 Å². The van der Waals surface area contributed by atoms with Gasteiger partial charge in [-0.2, -0.15) is 0 Å². The van der Waals surface area contributed by atoms with Gasteiger partial charge in [-0.15, -0.1) is 5.10 Å². The van der Waals surface area contributed by atoms with Crippen LogP contribution >= 0.6 is 0 Å². The Morgan fingerprint density at radius 1 is 1.04 bits per heavy atom. The van der Waals surface area contributed by atoms with Crippen LogP contribution in [-0.4, -0.2) is 36.6 Å². The van der Waals surface area contributed by atoms with Gasteiger partial charge in [0.1, 0.15) is 0 Å². The Bertz CT molecular complexity index is 1070. The molecule has 0 radical (unpaired) electrons. The standard InChI is InChI=1S/C18H17N7/c19-12-8-13(9-12)23-18-22-10-17-14(3-6-25(17)24-18)11-1-2-15-16(7-11)21-5-4-20-15/h1-7,10,12-13H,8-9,19H2,(H,23,24). The molecule has 4 aromatic rings. The fourth-order valence-electron chi connectivity index (χ4n) is 3.30. The number of rotatable bonds is 3. The van der Waals surface area contributed by atoms with E-state index in [1.54, 1.807) is 12.4 Å². The van der Waals surface area contributed by atoms with Crippen molar-refractivity contribution in [2.24, 2.45) is 5.73 Å². The topological polar surface area (TPSA) is 94.0 Å². The maximum Gasteiger partial charge on any atom is 0.241 e. The molecule has 7 nitrogen and oxygen atoms in total. The van der Waals surface area contributed by atoms with Gasteiger partial charge in [0.15, 0.2) is 0 Å². The second kappa shape index (κ2) is 5.49. The molecule has 0 saturated heterocycles. The highest BCUT2D eigenvalue weighted by molar-refractivity contribution is 5.86. The average molecular weight is 331 g/mol. The molecule has 7 heteroatoms. The number of hydrogen-bond donors (Lipinski definition) is 2. The maximum absolute atomic E-state index is 5.82. The molecular formula is C18H17N7. The SMILES string of the molecule is NC1CC(Nc2ncc3c(-c4ccc5nccnc5c4)ccn3n2)C1. The molecule has 1 aliphatic rings. The van der Waals surface area contributed by atoms with Gasteiger partial charge in [0.05, 0.1) is 22.7 Å². The summed E-state index contributed by atoms with van der Waals surface area (Å²) < 4.78 is 1.85. The maximum atomic E-state index is 5.82. The minimum absolute atomic E-state index is 0.301. The first-order valence-corrected chi connectivity index (χ1v) is 8.34. The summed E-state index contributed by atoms with van der Waals surface area (Å²) in [7, 11) is 0. The number of nitrogens with two attached hydrogens (primary N) is 1. The molecule has 0 unspecified atom stereocenters. The van der Waals surface area contributed by atoms with Gasteiger partial charge in [-0.05, 0) is 36.6 Å². The summed E-state index contributed by atoms with van der Waals surface area (Å²) in [6.07, 6.45) is 9.15. The average Bonchev–Trinajstić information content (AvgIpc) is 3.03. The van der Waals surface area contributed by atoms with E-state index < -0.39 is 0 Å². The van der Waals surface area contributed by atoms with E-state index in [2.05, 4.69) is 25.4 Å². The van der Waals surface area contributed by atoms with Crippen LogP contribution < -0.4 is 11.1 Å². The fraction of sp³-hybridized carbons (Fsp3) is 0.222. The molecule has 0 spiro atoms. The number of anilines is 1. The van der Waals surface area contributed by atoms with E-state index in [1.807, 2.05) is 41.2 Å². The van der Waals surface area contributed by atoms with Gasteiger partial charge in [-0.3, -0.25) is 9.97 Å². The lowest BCUT2D eigenvalue weighted by Crippen LogP contribution is -2.44. The van der Waals surface area contributed by atoms with E-state index in [0.717, 1.165) is 40.5 Å². The third kappa shape index (κ3) is 2.49. The zero-order valence-corrected chi connectivity index (χ0v) is 13.5. The van der Waals surface area contributed by atoms with Crippen molar-refractivity contribution in [1.82, 2.24) is 24.6 Å². The van der Waals surface area contributed by atoms with Crippen LogP contribution in [0.1, 0.15) is 12.8 Å². The molecule has 1 aromatic carbocycles. The Hall–Kier alpha value is -3.06. The summed E-state index contributed by atoms with van der Waals surface area (Å²) in [5.41, 5.74) is 10.7. The summed E-state index contributed by atoms with van der Waals surface area (Å²) >= 11 is 0. The van der Waals surface area contributed by atoms with E-state index >= 15 is 0 Å². The quantitative estimate of drug-likeness (QED) is 0.598. The molecular weight excluding hydrogens is 314 g/mol. The second-order valence-corrected chi connectivity index (χ2v) is 6.47. The van der Waals surface area contributed by atoms with Crippen LogP contribution in [0.5, 0.6) is 0 Å². The molecule has 5 rings (SSSR count). The molecule has 3 aromatic heterocycles. The predicted molar refractivity (Wildman–Crippen MR) is 96.1 cm³/mol. The minimum Gasteiger partial charge on any atom is -0.350 e. The van der Waals surface area contributed by atoms with Crippen LogP contribution in [0.3, 0.4) is 0 Å². The van der Waals surface area contributed by atoms with Gasteiger partial charge in [-0.25, -0.2) is 9.50 Å². The number of nitrogens with one attached hydrogen (secondary N) is 1. The molecule has 0 aliphatic heterocycles. The first kappa shape index (κ1) is 14.3. The lowest BCUT2D eigenvalue weighted by Gasteiger charge is -2.32. The van der Waals surface area contributed by atoms with Crippen molar-refractivity contribution in [3.8, 4) is 11.1 Å². The molecule has 25 heavy (non-hydrogen) atoms. The van der Waals surface area contributed by atoms with Crippen LogP contribution in [0.25, 0.3) is 27.7 Å². The summed E-state index contributed by atoms with van der Waals surface area (Å²) in [5.74, 6) is 0.635. The first-order chi connectivity index (χ1) is 12.3. The van der Waals surface area contributed by atoms with E-state index in [-0.39, 0.29) is 0 Å². The van der Waals surface area contributed by atoms with Gasteiger partial charge in [0.2, 0.25) is 5.95 Å². The molecule has 0 bridgehead atoms. The first-order valence-electron chi connectivity index (χ1n) is 8.34. The van der Waals surface area contributed by atoms with Gasteiger partial charge >= 0.3 is 0 Å². The van der Waals surface area contributed by atoms with Gasteiger partial charge in [0.25, 0.3) is 0 Å². The lowest BCUT2D eigenvalue weighted by molar-refractivity contribution is 0.371. The number of nitrogens with zero attached hydrogens (tertiary/aromatic N) is 5. The summed E-state index contributed by atoms with van der Waals surface area (Å²) in [6, 6.07) is 8.80. The molecule has 1 fully saturated rings. The third-order valence-corrected chi connectivity index (χ3v) is 4.70. The Balaban J connectivity index is 1.50. The summed E-state index contributed by atoms with van der Waals surface area (Å²) in [4.78, 5) is 13.2. The van der Waals surface area contributed by atoms with Crippen molar-refractivity contribution in [2.75, 3.05) is 5.32 Å². The Morgan fingerprint density at radius 2 is 1.88 bits per heavy atom. The zero-order chi connectivity index (χ0) is 16.8. The van der Waals surface area contributed by atoms with Crippen molar-refractivity contribution in [2.45, 2.75) is 24.9 Å². The van der Waals surface area contributed by atoms with E-state index in [4.69, 9.17) is 5.73 Å². The molecule has 3 N–H and O–H groups in total. The zero-order valence-electron chi connectivity index (χ0n) is 13.5. The van der Waals surface area contributed by atoms with Crippen molar-refractivity contribution >= 4 is 22.5 Å².